The number of H-pyrrole nitrogens is 1. The van der Waals surface area contributed by atoms with Gasteiger partial charge in [-0.05, 0) is 60.7 Å². The first-order valence-corrected chi connectivity index (χ1v) is 12.2. The highest BCUT2D eigenvalue weighted by Crippen LogP contribution is 2.38. The van der Waals surface area contributed by atoms with Crippen molar-refractivity contribution in [3.63, 3.8) is 0 Å². The summed E-state index contributed by atoms with van der Waals surface area (Å²) in [6.07, 6.45) is 3.45. The van der Waals surface area contributed by atoms with E-state index in [1.807, 2.05) is 19.1 Å². The van der Waals surface area contributed by atoms with Gasteiger partial charge in [-0.1, -0.05) is 35.4 Å². The quantitative estimate of drug-likeness (QED) is 0.464. The number of rotatable bonds is 4. The lowest BCUT2D eigenvalue weighted by Gasteiger charge is -2.34. The van der Waals surface area contributed by atoms with E-state index in [-0.39, 0.29) is 12.1 Å². The number of carboxylic acid groups (broad SMARTS) is 1. The molecule has 1 fully saturated rings. The Morgan fingerprint density at radius 2 is 2.03 bits per heavy atom. The van der Waals surface area contributed by atoms with Gasteiger partial charge < -0.3 is 14.6 Å². The van der Waals surface area contributed by atoms with E-state index in [0.29, 0.717) is 12.4 Å². The second kappa shape index (κ2) is 8.68. The number of anilines is 2. The Hall–Kier alpha value is -3.95. The first-order chi connectivity index (χ1) is 17.1. The molecule has 180 valence electrons. The Morgan fingerprint density at radius 3 is 2.80 bits per heavy atom. The molecule has 2 aromatic heterocycles. The van der Waals surface area contributed by atoms with Crippen molar-refractivity contribution in [1.82, 2.24) is 30.2 Å². The summed E-state index contributed by atoms with van der Waals surface area (Å²) in [5, 5.41) is 24.4. The van der Waals surface area contributed by atoms with Crippen LogP contribution < -0.4 is 9.80 Å². The van der Waals surface area contributed by atoms with Crippen LogP contribution in [0.1, 0.15) is 49.2 Å². The van der Waals surface area contributed by atoms with Crippen LogP contribution >= 0.6 is 0 Å². The SMILES string of the molecule is C[C@H]1CCc2c(ccc3c2nc(Cc2ccccc2)n3[C@H]2CCCN(c3nnn[nH]3)C2)N1C(=O)O. The van der Waals surface area contributed by atoms with Crippen molar-refractivity contribution in [2.24, 2.45) is 0 Å². The van der Waals surface area contributed by atoms with Crippen molar-refractivity contribution >= 4 is 28.8 Å². The standard InChI is InChI=1S/C25H28N8O2/c1-16-9-10-19-20(32(16)25(34)35)11-12-21-23(19)26-22(14-17-6-3-2-4-7-17)33(21)18-8-5-13-31(15-18)24-27-29-30-28-24/h2-4,6-7,11-12,16,18H,5,8-10,13-15H2,1H3,(H,34,35)(H,27,28,29,30)/t16-,18-/m0/s1. The van der Waals surface area contributed by atoms with Crippen molar-refractivity contribution in [3.05, 3.63) is 59.4 Å². The summed E-state index contributed by atoms with van der Waals surface area (Å²) in [6.45, 7) is 3.64. The van der Waals surface area contributed by atoms with Crippen LogP contribution in [-0.2, 0) is 12.8 Å². The normalized spacial score (nSPS) is 20.3. The molecular weight excluding hydrogens is 444 g/mol. The van der Waals surface area contributed by atoms with Crippen LogP contribution in [0.2, 0.25) is 0 Å². The molecule has 0 radical (unpaired) electrons. The van der Waals surface area contributed by atoms with Gasteiger partial charge in [-0.2, -0.15) is 0 Å². The summed E-state index contributed by atoms with van der Waals surface area (Å²) < 4.78 is 2.38. The number of amides is 1. The molecule has 0 spiro atoms. The van der Waals surface area contributed by atoms with Gasteiger partial charge in [0.15, 0.2) is 0 Å². The molecule has 0 saturated carbocycles. The van der Waals surface area contributed by atoms with Gasteiger partial charge in [-0.25, -0.2) is 14.9 Å². The van der Waals surface area contributed by atoms with Crippen LogP contribution in [0.4, 0.5) is 16.4 Å². The lowest BCUT2D eigenvalue weighted by Crippen LogP contribution is -2.41. The molecule has 4 heterocycles. The molecule has 10 heteroatoms. The maximum atomic E-state index is 12.0. The number of fused-ring (bicyclic) bond motifs is 3. The fourth-order valence-corrected chi connectivity index (χ4v) is 5.69. The van der Waals surface area contributed by atoms with Gasteiger partial charge in [0.1, 0.15) is 5.82 Å². The van der Waals surface area contributed by atoms with Crippen LogP contribution in [0.25, 0.3) is 11.0 Å². The Bertz CT molecular complexity index is 1350. The summed E-state index contributed by atoms with van der Waals surface area (Å²) in [6, 6.07) is 14.5. The molecule has 10 nitrogen and oxygen atoms in total. The predicted molar refractivity (Wildman–Crippen MR) is 132 cm³/mol. The van der Waals surface area contributed by atoms with E-state index in [1.165, 1.54) is 10.5 Å². The highest BCUT2D eigenvalue weighted by molar-refractivity contribution is 5.94. The number of aryl methyl sites for hydroxylation is 1. The summed E-state index contributed by atoms with van der Waals surface area (Å²) in [4.78, 5) is 20.9. The fourth-order valence-electron chi connectivity index (χ4n) is 5.69. The summed E-state index contributed by atoms with van der Waals surface area (Å²) in [5.74, 6) is 1.69. The number of hydrogen-bond acceptors (Lipinski definition) is 6. The smallest absolute Gasteiger partial charge is 0.412 e. The number of nitrogens with one attached hydrogen (secondary N) is 1. The number of tetrazole rings is 1. The first kappa shape index (κ1) is 21.6. The van der Waals surface area contributed by atoms with E-state index in [4.69, 9.17) is 4.98 Å². The zero-order chi connectivity index (χ0) is 23.9. The Morgan fingerprint density at radius 1 is 1.17 bits per heavy atom. The molecular formula is C25H28N8O2. The highest BCUT2D eigenvalue weighted by Gasteiger charge is 2.32. The van der Waals surface area contributed by atoms with Gasteiger partial charge in [0, 0.05) is 31.1 Å². The molecule has 1 amide bonds. The van der Waals surface area contributed by atoms with E-state index < -0.39 is 6.09 Å². The predicted octanol–water partition coefficient (Wildman–Crippen LogP) is 3.80. The van der Waals surface area contributed by atoms with Crippen molar-refractivity contribution in [2.45, 2.75) is 51.1 Å². The first-order valence-electron chi connectivity index (χ1n) is 12.2. The highest BCUT2D eigenvalue weighted by atomic mass is 16.4. The van der Waals surface area contributed by atoms with Crippen LogP contribution in [0.3, 0.4) is 0 Å². The van der Waals surface area contributed by atoms with Gasteiger partial charge in [-0.3, -0.25) is 4.90 Å². The number of aromatic amines is 1. The lowest BCUT2D eigenvalue weighted by molar-refractivity contribution is 0.198. The van der Waals surface area contributed by atoms with Gasteiger partial charge in [0.05, 0.1) is 22.8 Å². The number of benzene rings is 2. The van der Waals surface area contributed by atoms with Crippen LogP contribution in [0.5, 0.6) is 0 Å². The topological polar surface area (TPSA) is 116 Å². The van der Waals surface area contributed by atoms with E-state index in [1.54, 1.807) is 0 Å². The second-order valence-electron chi connectivity index (χ2n) is 9.50. The summed E-state index contributed by atoms with van der Waals surface area (Å²) in [5.41, 5.74) is 4.98. The van der Waals surface area contributed by atoms with Gasteiger partial charge in [0.2, 0.25) is 5.95 Å². The zero-order valence-electron chi connectivity index (χ0n) is 19.6. The molecule has 2 atom stereocenters. The minimum Gasteiger partial charge on any atom is -0.465 e. The number of carbonyl (C=O) groups is 1. The fraction of sp³-hybridized carbons (Fsp3) is 0.400. The molecule has 35 heavy (non-hydrogen) atoms. The molecule has 0 aliphatic carbocycles. The van der Waals surface area contributed by atoms with E-state index in [2.05, 4.69) is 60.4 Å². The molecule has 2 aliphatic heterocycles. The van der Waals surface area contributed by atoms with Gasteiger partial charge >= 0.3 is 6.09 Å². The lowest BCUT2D eigenvalue weighted by atomic mass is 9.95. The number of imidazole rings is 1. The second-order valence-corrected chi connectivity index (χ2v) is 9.50. The molecule has 1 saturated heterocycles. The third-order valence-electron chi connectivity index (χ3n) is 7.33. The molecule has 2 N–H and O–H groups in total. The summed E-state index contributed by atoms with van der Waals surface area (Å²) >= 11 is 0. The molecule has 0 bridgehead atoms. The number of aromatic nitrogens is 6. The third kappa shape index (κ3) is 3.78. The van der Waals surface area contributed by atoms with Crippen molar-refractivity contribution in [1.29, 1.82) is 0 Å². The molecule has 4 aromatic rings. The van der Waals surface area contributed by atoms with E-state index in [9.17, 15) is 9.90 Å². The van der Waals surface area contributed by atoms with Crippen molar-refractivity contribution in [3.8, 4) is 0 Å². The average molecular weight is 473 g/mol. The van der Waals surface area contributed by atoms with Crippen molar-refractivity contribution in [2.75, 3.05) is 22.9 Å². The Kier molecular flexibility index (Phi) is 5.35. The van der Waals surface area contributed by atoms with Gasteiger partial charge in [-0.15, -0.1) is 0 Å². The van der Waals surface area contributed by atoms with Crippen LogP contribution in [0.15, 0.2) is 42.5 Å². The minimum absolute atomic E-state index is 0.0502. The Labute approximate surface area is 202 Å². The zero-order valence-corrected chi connectivity index (χ0v) is 19.6. The number of hydrogen-bond donors (Lipinski definition) is 2. The van der Waals surface area contributed by atoms with Crippen molar-refractivity contribution < 1.29 is 9.90 Å². The minimum atomic E-state index is -0.912. The van der Waals surface area contributed by atoms with Crippen LogP contribution in [-0.4, -0.2) is 60.5 Å². The summed E-state index contributed by atoms with van der Waals surface area (Å²) in [7, 11) is 0. The number of nitrogens with zero attached hydrogens (tertiary/aromatic N) is 7. The number of piperidine rings is 1. The van der Waals surface area contributed by atoms with Crippen LogP contribution in [0, 0.1) is 0 Å². The molecule has 0 unspecified atom stereocenters. The largest absolute Gasteiger partial charge is 0.465 e. The average Bonchev–Trinajstić information content (AvgIpc) is 3.52. The maximum Gasteiger partial charge on any atom is 0.412 e. The van der Waals surface area contributed by atoms with E-state index in [0.717, 1.165) is 66.9 Å². The van der Waals surface area contributed by atoms with E-state index >= 15 is 0 Å². The third-order valence-corrected chi connectivity index (χ3v) is 7.33. The van der Waals surface area contributed by atoms with Gasteiger partial charge in [0.25, 0.3) is 0 Å². The molecule has 6 rings (SSSR count). The monoisotopic (exact) mass is 472 g/mol. The maximum absolute atomic E-state index is 12.0. The Balaban J connectivity index is 1.48. The molecule has 2 aromatic carbocycles. The molecule has 2 aliphatic rings.